The number of carbonyl (C=O) groups excluding carboxylic acids is 2. The second-order valence-corrected chi connectivity index (χ2v) is 8.42. The molecule has 1 unspecified atom stereocenters. The number of ketones is 1. The van der Waals surface area contributed by atoms with Crippen molar-refractivity contribution in [1.29, 1.82) is 0 Å². The first-order valence-corrected chi connectivity index (χ1v) is 11.3. The van der Waals surface area contributed by atoms with E-state index in [0.29, 0.717) is 34.1 Å². The van der Waals surface area contributed by atoms with Crippen LogP contribution in [0, 0.1) is 0 Å². The molecule has 8 heteroatoms. The average molecular weight is 489 g/mol. The molecule has 1 fully saturated rings. The lowest BCUT2D eigenvalue weighted by Gasteiger charge is -2.26. The van der Waals surface area contributed by atoms with Gasteiger partial charge in [-0.1, -0.05) is 6.07 Å². The molecule has 186 valence electrons. The Bertz CT molecular complexity index is 1310. The maximum atomic E-state index is 13.4. The molecular weight excluding hydrogens is 460 g/mol. The zero-order valence-corrected chi connectivity index (χ0v) is 20.8. The predicted molar refractivity (Wildman–Crippen MR) is 138 cm³/mol. The van der Waals surface area contributed by atoms with E-state index in [0.717, 1.165) is 5.69 Å². The van der Waals surface area contributed by atoms with E-state index in [1.807, 2.05) is 31.1 Å². The summed E-state index contributed by atoms with van der Waals surface area (Å²) in [7, 11) is 8.41. The number of methoxy groups -OCH3 is 3. The number of hydrogen-bond acceptors (Lipinski definition) is 7. The standard InChI is InChI=1S/C28H28N2O6/c1-29(2)19-9-11-20(12-10-19)30-25(18-8-15-22(35-4)23(16-18)36-5)24(27(32)28(30)33)26(31)17-6-13-21(34-3)14-7-17/h6-16,25,31H,1-5H3/b26-24-. The lowest BCUT2D eigenvalue weighted by molar-refractivity contribution is -0.132. The number of anilines is 2. The zero-order chi connectivity index (χ0) is 26.0. The number of aliphatic hydroxyl groups is 1. The molecule has 0 aliphatic carbocycles. The van der Waals surface area contributed by atoms with Crippen molar-refractivity contribution < 1.29 is 28.9 Å². The summed E-state index contributed by atoms with van der Waals surface area (Å²) in [6, 6.07) is 18.2. The van der Waals surface area contributed by atoms with Gasteiger partial charge in [0.05, 0.1) is 32.9 Å². The van der Waals surface area contributed by atoms with E-state index in [1.165, 1.54) is 19.1 Å². The first kappa shape index (κ1) is 24.7. The molecule has 36 heavy (non-hydrogen) atoms. The van der Waals surface area contributed by atoms with Gasteiger partial charge in [0.1, 0.15) is 11.5 Å². The Balaban J connectivity index is 1.92. The largest absolute Gasteiger partial charge is 0.507 e. The van der Waals surface area contributed by atoms with Crippen molar-refractivity contribution in [2.45, 2.75) is 6.04 Å². The van der Waals surface area contributed by atoms with Crippen LogP contribution in [0.5, 0.6) is 17.2 Å². The summed E-state index contributed by atoms with van der Waals surface area (Å²) >= 11 is 0. The van der Waals surface area contributed by atoms with E-state index in [-0.39, 0.29) is 11.3 Å². The first-order chi connectivity index (χ1) is 17.3. The molecule has 0 bridgehead atoms. The normalized spacial score (nSPS) is 16.7. The van der Waals surface area contributed by atoms with Gasteiger partial charge in [0.15, 0.2) is 11.5 Å². The van der Waals surface area contributed by atoms with Crippen LogP contribution in [0.3, 0.4) is 0 Å². The molecule has 0 aromatic heterocycles. The van der Waals surface area contributed by atoms with Crippen molar-refractivity contribution >= 4 is 28.8 Å². The highest BCUT2D eigenvalue weighted by Crippen LogP contribution is 2.44. The summed E-state index contributed by atoms with van der Waals surface area (Å²) in [6.45, 7) is 0. The van der Waals surface area contributed by atoms with Crippen LogP contribution in [0.2, 0.25) is 0 Å². The van der Waals surface area contributed by atoms with Crippen LogP contribution in [0.15, 0.2) is 72.3 Å². The van der Waals surface area contributed by atoms with Gasteiger partial charge in [-0.2, -0.15) is 0 Å². The summed E-state index contributed by atoms with van der Waals surface area (Å²) in [5.74, 6) is -0.244. The fraction of sp³-hybridized carbons (Fsp3) is 0.214. The third kappa shape index (κ3) is 4.33. The molecule has 1 atom stereocenters. The van der Waals surface area contributed by atoms with E-state index >= 15 is 0 Å². The molecule has 1 aliphatic heterocycles. The van der Waals surface area contributed by atoms with Gasteiger partial charge in [0.2, 0.25) is 0 Å². The van der Waals surface area contributed by atoms with E-state index in [9.17, 15) is 14.7 Å². The number of hydrogen-bond donors (Lipinski definition) is 1. The second-order valence-electron chi connectivity index (χ2n) is 8.42. The van der Waals surface area contributed by atoms with Gasteiger partial charge in [-0.15, -0.1) is 0 Å². The molecule has 1 aliphatic rings. The number of amides is 1. The van der Waals surface area contributed by atoms with Gasteiger partial charge >= 0.3 is 0 Å². The molecule has 4 rings (SSSR count). The van der Waals surface area contributed by atoms with Crippen LogP contribution in [0.4, 0.5) is 11.4 Å². The second kappa shape index (κ2) is 10.0. The molecule has 3 aromatic rings. The molecule has 0 spiro atoms. The molecular formula is C28H28N2O6. The van der Waals surface area contributed by atoms with Crippen LogP contribution in [-0.2, 0) is 9.59 Å². The maximum Gasteiger partial charge on any atom is 0.300 e. The Morgan fingerprint density at radius 3 is 2.03 bits per heavy atom. The summed E-state index contributed by atoms with van der Waals surface area (Å²) < 4.78 is 16.0. The minimum absolute atomic E-state index is 0.0194. The fourth-order valence-corrected chi connectivity index (χ4v) is 4.25. The number of aliphatic hydroxyl groups excluding tert-OH is 1. The highest BCUT2D eigenvalue weighted by Gasteiger charge is 2.47. The summed E-state index contributed by atoms with van der Waals surface area (Å²) in [5.41, 5.74) is 2.42. The van der Waals surface area contributed by atoms with Crippen molar-refractivity contribution in [2.75, 3.05) is 45.2 Å². The van der Waals surface area contributed by atoms with E-state index in [2.05, 4.69) is 0 Å². The van der Waals surface area contributed by atoms with Crippen LogP contribution >= 0.6 is 0 Å². The number of rotatable bonds is 7. The number of nitrogens with zero attached hydrogens (tertiary/aromatic N) is 2. The van der Waals surface area contributed by atoms with Crippen LogP contribution < -0.4 is 24.0 Å². The van der Waals surface area contributed by atoms with Crippen molar-refractivity contribution in [1.82, 2.24) is 0 Å². The fourth-order valence-electron chi connectivity index (χ4n) is 4.25. The monoisotopic (exact) mass is 488 g/mol. The third-order valence-electron chi connectivity index (χ3n) is 6.18. The first-order valence-electron chi connectivity index (χ1n) is 11.3. The topological polar surface area (TPSA) is 88.5 Å². The van der Waals surface area contributed by atoms with Crippen LogP contribution in [0.1, 0.15) is 17.2 Å². The Hall–Kier alpha value is -4.46. The minimum atomic E-state index is -0.892. The number of carbonyl (C=O) groups is 2. The van der Waals surface area contributed by atoms with Gasteiger partial charge in [0.25, 0.3) is 11.7 Å². The van der Waals surface area contributed by atoms with Crippen LogP contribution in [-0.4, -0.2) is 52.2 Å². The van der Waals surface area contributed by atoms with E-state index < -0.39 is 17.7 Å². The Morgan fingerprint density at radius 1 is 0.833 bits per heavy atom. The molecule has 3 aromatic carbocycles. The van der Waals surface area contributed by atoms with Gasteiger partial charge in [-0.05, 0) is 66.2 Å². The maximum absolute atomic E-state index is 13.4. The predicted octanol–water partition coefficient (Wildman–Crippen LogP) is 4.40. The highest BCUT2D eigenvalue weighted by molar-refractivity contribution is 6.51. The lowest BCUT2D eigenvalue weighted by atomic mass is 9.94. The molecule has 8 nitrogen and oxygen atoms in total. The number of ether oxygens (including phenoxy) is 3. The zero-order valence-electron chi connectivity index (χ0n) is 20.8. The van der Waals surface area contributed by atoms with Crippen molar-refractivity contribution in [2.24, 2.45) is 0 Å². The molecule has 1 amide bonds. The summed E-state index contributed by atoms with van der Waals surface area (Å²) in [6.07, 6.45) is 0. The van der Waals surface area contributed by atoms with Crippen molar-refractivity contribution in [3.8, 4) is 17.2 Å². The quantitative estimate of drug-likeness (QED) is 0.300. The molecule has 1 saturated heterocycles. The van der Waals surface area contributed by atoms with Crippen molar-refractivity contribution in [3.05, 3.63) is 83.4 Å². The molecule has 1 N–H and O–H groups in total. The van der Waals surface area contributed by atoms with E-state index in [4.69, 9.17) is 14.2 Å². The third-order valence-corrected chi connectivity index (χ3v) is 6.18. The smallest absolute Gasteiger partial charge is 0.300 e. The Morgan fingerprint density at radius 2 is 1.47 bits per heavy atom. The molecule has 0 saturated carbocycles. The Labute approximate surface area is 209 Å². The van der Waals surface area contributed by atoms with Gasteiger partial charge < -0.3 is 24.2 Å². The minimum Gasteiger partial charge on any atom is -0.507 e. The van der Waals surface area contributed by atoms with Crippen molar-refractivity contribution in [3.63, 3.8) is 0 Å². The molecule has 0 radical (unpaired) electrons. The summed E-state index contributed by atoms with van der Waals surface area (Å²) in [5, 5.41) is 11.3. The van der Waals surface area contributed by atoms with Gasteiger partial charge in [-0.25, -0.2) is 0 Å². The SMILES string of the molecule is COc1ccc(/C(O)=C2/C(=O)C(=O)N(c3ccc(N(C)C)cc3)C2c2ccc(OC)c(OC)c2)cc1. The van der Waals surface area contributed by atoms with Gasteiger partial charge in [0, 0.05) is 31.0 Å². The Kier molecular flexibility index (Phi) is 6.87. The highest BCUT2D eigenvalue weighted by atomic mass is 16.5. The summed E-state index contributed by atoms with van der Waals surface area (Å²) in [4.78, 5) is 30.1. The number of benzene rings is 3. The molecule has 1 heterocycles. The van der Waals surface area contributed by atoms with E-state index in [1.54, 1.807) is 61.7 Å². The van der Waals surface area contributed by atoms with Gasteiger partial charge in [-0.3, -0.25) is 14.5 Å². The average Bonchev–Trinajstić information content (AvgIpc) is 3.17. The van der Waals surface area contributed by atoms with Crippen LogP contribution in [0.25, 0.3) is 5.76 Å². The number of Topliss-reactive ketones (excluding diaryl/α,β-unsaturated/α-hetero) is 1. The lowest BCUT2D eigenvalue weighted by Crippen LogP contribution is -2.29.